The molecule has 1 fully saturated rings. The first-order valence-electron chi connectivity index (χ1n) is 7.59. The molecule has 0 unspecified atom stereocenters. The fourth-order valence-corrected chi connectivity index (χ4v) is 2.20. The zero-order valence-corrected chi connectivity index (χ0v) is 14.6. The molecule has 0 atom stereocenters. The Bertz CT molecular complexity index is 558. The number of pyridine rings is 1. The van der Waals surface area contributed by atoms with Crippen molar-refractivity contribution < 1.29 is 22.5 Å². The molecule has 1 aliphatic rings. The van der Waals surface area contributed by atoms with Gasteiger partial charge >= 0.3 is 13.3 Å². The molecule has 0 spiro atoms. The van der Waals surface area contributed by atoms with Gasteiger partial charge in [-0.2, -0.15) is 13.2 Å². The summed E-state index contributed by atoms with van der Waals surface area (Å²) in [6, 6.07) is 2.65. The Labute approximate surface area is 135 Å². The van der Waals surface area contributed by atoms with Crippen molar-refractivity contribution in [3.8, 4) is 0 Å². The van der Waals surface area contributed by atoms with Gasteiger partial charge in [-0.25, -0.2) is 4.98 Å². The van der Waals surface area contributed by atoms with Gasteiger partial charge in [0, 0.05) is 11.1 Å². The molecule has 1 saturated heterocycles. The summed E-state index contributed by atoms with van der Waals surface area (Å²) in [5.74, 6) is 0. The number of aromatic nitrogens is 1. The van der Waals surface area contributed by atoms with E-state index in [4.69, 9.17) is 9.31 Å². The van der Waals surface area contributed by atoms with Crippen LogP contribution in [0, 0.1) is 0 Å². The average Bonchev–Trinajstić information content (AvgIpc) is 2.56. The van der Waals surface area contributed by atoms with Crippen LogP contribution in [0.15, 0.2) is 12.1 Å². The molecular weight excluding hydrogens is 306 g/mol. The maximum Gasteiger partial charge on any atom is 0.494 e. The minimum atomic E-state index is -4.51. The molecule has 0 bridgehead atoms. The summed E-state index contributed by atoms with van der Waals surface area (Å²) < 4.78 is 51.3. The van der Waals surface area contributed by atoms with E-state index in [-0.39, 0.29) is 0 Å². The van der Waals surface area contributed by atoms with Crippen molar-refractivity contribution in [2.24, 2.45) is 0 Å². The van der Waals surface area contributed by atoms with E-state index in [1.165, 1.54) is 0 Å². The van der Waals surface area contributed by atoms with Gasteiger partial charge in [0.05, 0.1) is 11.2 Å². The Balaban J connectivity index is 2.51. The lowest BCUT2D eigenvalue weighted by molar-refractivity contribution is -0.141. The molecule has 0 aromatic carbocycles. The molecule has 2 rings (SSSR count). The number of alkyl halides is 3. The van der Waals surface area contributed by atoms with Crippen LogP contribution in [0.5, 0.6) is 0 Å². The van der Waals surface area contributed by atoms with Crippen molar-refractivity contribution in [3.63, 3.8) is 0 Å². The first-order chi connectivity index (χ1) is 10.1. The zero-order chi connectivity index (χ0) is 17.8. The molecule has 128 valence electrons. The van der Waals surface area contributed by atoms with Crippen LogP contribution >= 0.6 is 0 Å². The van der Waals surface area contributed by atoms with Gasteiger partial charge in [0.1, 0.15) is 5.69 Å². The standard InChI is InChI=1S/C16H23BF3NO2/c1-13(2,3)11-8-10(9-12(21-11)16(18,19)20)17-22-14(4,5)15(6,7)23-17/h8-9H,1-7H3. The van der Waals surface area contributed by atoms with Crippen molar-refractivity contribution in [1.29, 1.82) is 0 Å². The van der Waals surface area contributed by atoms with Crippen LogP contribution in [0.1, 0.15) is 59.9 Å². The normalized spacial score (nSPS) is 20.9. The van der Waals surface area contributed by atoms with E-state index >= 15 is 0 Å². The molecule has 2 heterocycles. The summed E-state index contributed by atoms with van der Waals surface area (Å²) >= 11 is 0. The predicted octanol–water partition coefficient (Wildman–Crippen LogP) is 3.70. The molecule has 0 saturated carbocycles. The largest absolute Gasteiger partial charge is 0.494 e. The Kier molecular flexibility index (Phi) is 4.14. The van der Waals surface area contributed by atoms with Gasteiger partial charge in [-0.05, 0) is 45.3 Å². The Morgan fingerprint density at radius 3 is 1.74 bits per heavy atom. The molecule has 7 heteroatoms. The highest BCUT2D eigenvalue weighted by Gasteiger charge is 2.52. The van der Waals surface area contributed by atoms with Crippen molar-refractivity contribution in [3.05, 3.63) is 23.5 Å². The van der Waals surface area contributed by atoms with Crippen molar-refractivity contribution >= 4 is 12.6 Å². The fraction of sp³-hybridized carbons (Fsp3) is 0.688. The summed E-state index contributed by atoms with van der Waals surface area (Å²) in [7, 11) is -0.842. The zero-order valence-electron chi connectivity index (χ0n) is 14.6. The Morgan fingerprint density at radius 1 is 0.913 bits per heavy atom. The number of hydrogen-bond acceptors (Lipinski definition) is 3. The van der Waals surface area contributed by atoms with Gasteiger partial charge in [0.2, 0.25) is 0 Å². The summed E-state index contributed by atoms with van der Waals surface area (Å²) in [5.41, 5.74) is -1.95. The van der Waals surface area contributed by atoms with E-state index in [1.807, 2.05) is 48.5 Å². The molecular formula is C16H23BF3NO2. The summed E-state index contributed by atoms with van der Waals surface area (Å²) in [6.45, 7) is 12.9. The summed E-state index contributed by atoms with van der Waals surface area (Å²) in [5, 5.41) is 0. The smallest absolute Gasteiger partial charge is 0.399 e. The van der Waals surface area contributed by atoms with Crippen LogP contribution < -0.4 is 5.46 Å². The van der Waals surface area contributed by atoms with E-state index in [2.05, 4.69) is 4.98 Å². The minimum absolute atomic E-state index is 0.343. The fourth-order valence-electron chi connectivity index (χ4n) is 2.20. The van der Waals surface area contributed by atoms with Gasteiger partial charge in [0.15, 0.2) is 0 Å². The van der Waals surface area contributed by atoms with Crippen molar-refractivity contribution in [2.45, 2.75) is 71.3 Å². The maximum atomic E-state index is 13.2. The molecule has 0 aliphatic carbocycles. The topological polar surface area (TPSA) is 31.4 Å². The second kappa shape index (κ2) is 5.21. The Morgan fingerprint density at radius 2 is 1.35 bits per heavy atom. The molecule has 1 aliphatic heterocycles. The summed E-state index contributed by atoms with van der Waals surface area (Å²) in [4.78, 5) is 3.78. The van der Waals surface area contributed by atoms with E-state index in [0.29, 0.717) is 11.2 Å². The van der Waals surface area contributed by atoms with E-state index < -0.39 is 35.6 Å². The van der Waals surface area contributed by atoms with Gasteiger partial charge in [0.25, 0.3) is 0 Å². The molecule has 0 amide bonds. The van der Waals surface area contributed by atoms with Crippen molar-refractivity contribution in [2.75, 3.05) is 0 Å². The van der Waals surface area contributed by atoms with Crippen LogP contribution in [0.4, 0.5) is 13.2 Å². The lowest BCUT2D eigenvalue weighted by Crippen LogP contribution is -2.41. The van der Waals surface area contributed by atoms with Gasteiger partial charge < -0.3 is 9.31 Å². The predicted molar refractivity (Wildman–Crippen MR) is 83.7 cm³/mol. The van der Waals surface area contributed by atoms with Crippen molar-refractivity contribution in [1.82, 2.24) is 4.98 Å². The van der Waals surface area contributed by atoms with Crippen LogP contribution in [-0.4, -0.2) is 23.3 Å². The van der Waals surface area contributed by atoms with E-state index in [1.54, 1.807) is 6.07 Å². The SMILES string of the molecule is CC(C)(C)c1cc(B2OC(C)(C)C(C)(C)O2)cc(C(F)(F)F)n1. The third kappa shape index (κ3) is 3.55. The molecule has 23 heavy (non-hydrogen) atoms. The quantitative estimate of drug-likeness (QED) is 0.736. The minimum Gasteiger partial charge on any atom is -0.399 e. The van der Waals surface area contributed by atoms with Gasteiger partial charge in [-0.3, -0.25) is 0 Å². The van der Waals surface area contributed by atoms with E-state index in [9.17, 15) is 13.2 Å². The average molecular weight is 329 g/mol. The molecule has 0 radical (unpaired) electrons. The lowest BCUT2D eigenvalue weighted by Gasteiger charge is -2.32. The van der Waals surface area contributed by atoms with Crippen LogP contribution in [0.3, 0.4) is 0 Å². The highest BCUT2D eigenvalue weighted by Crippen LogP contribution is 2.37. The number of nitrogens with zero attached hydrogens (tertiary/aromatic N) is 1. The van der Waals surface area contributed by atoms with Crippen LogP contribution in [0.25, 0.3) is 0 Å². The molecule has 0 N–H and O–H groups in total. The highest BCUT2D eigenvalue weighted by atomic mass is 19.4. The maximum absolute atomic E-state index is 13.2. The van der Waals surface area contributed by atoms with Crippen LogP contribution in [-0.2, 0) is 20.9 Å². The van der Waals surface area contributed by atoms with E-state index in [0.717, 1.165) is 6.07 Å². The second-order valence-electron chi connectivity index (χ2n) is 8.01. The molecule has 3 nitrogen and oxygen atoms in total. The Hall–Kier alpha value is -1.08. The monoisotopic (exact) mass is 329 g/mol. The molecule has 1 aromatic rings. The van der Waals surface area contributed by atoms with Gasteiger partial charge in [-0.1, -0.05) is 20.8 Å². The highest BCUT2D eigenvalue weighted by molar-refractivity contribution is 6.62. The second-order valence-corrected chi connectivity index (χ2v) is 8.01. The van der Waals surface area contributed by atoms with Gasteiger partial charge in [-0.15, -0.1) is 0 Å². The lowest BCUT2D eigenvalue weighted by atomic mass is 9.76. The first kappa shape index (κ1) is 18.3. The number of hydrogen-bond donors (Lipinski definition) is 0. The third-order valence-corrected chi connectivity index (χ3v) is 4.43. The first-order valence-corrected chi connectivity index (χ1v) is 7.59. The molecule has 1 aromatic heterocycles. The number of halogens is 3. The van der Waals surface area contributed by atoms with Crippen LogP contribution in [0.2, 0.25) is 0 Å². The number of rotatable bonds is 1. The summed E-state index contributed by atoms with van der Waals surface area (Å²) in [6.07, 6.45) is -4.51. The third-order valence-electron chi connectivity index (χ3n) is 4.43.